The molecule has 3 heterocycles. The number of hydrogen-bond donors (Lipinski definition) is 15. The smallest absolute Gasteiger partial charge is 0.425 e. The zero-order valence-corrected chi connectivity index (χ0v) is 35.3. The maximum absolute atomic E-state index is 14.3. The molecule has 7 amide bonds. The predicted octanol–water partition coefficient (Wildman–Crippen LogP) is -8.47. The molecule has 28 heteroatoms. The molecule has 0 aliphatic carbocycles. The first kappa shape index (κ1) is 52.8. The van der Waals surface area contributed by atoms with Crippen molar-refractivity contribution >= 4 is 52.0 Å². The summed E-state index contributed by atoms with van der Waals surface area (Å²) in [5.74, 6) is -11.4. The van der Waals surface area contributed by atoms with Gasteiger partial charge in [0.15, 0.2) is 17.7 Å². The Labute approximate surface area is 365 Å². The van der Waals surface area contributed by atoms with Crippen molar-refractivity contribution in [2.75, 3.05) is 13.1 Å². The Morgan fingerprint density at radius 1 is 0.781 bits per heavy atom. The molecular formula is C36H54N8O19S. The summed E-state index contributed by atoms with van der Waals surface area (Å²) in [5.41, 5.74) is 11.0. The second-order valence-electron chi connectivity index (χ2n) is 16.0. The molecule has 14 atom stereocenters. The number of aliphatic hydroxyl groups excluding tert-OH is 7. The van der Waals surface area contributed by atoms with Gasteiger partial charge in [0.2, 0.25) is 41.4 Å². The number of phenols is 2. The second-order valence-corrected chi connectivity index (χ2v) is 16.4. The molecule has 3 saturated heterocycles. The molecule has 1 aromatic rings. The molecule has 64 heavy (non-hydrogen) atoms. The highest BCUT2D eigenvalue weighted by atomic mass is 32.2. The lowest BCUT2D eigenvalue weighted by Gasteiger charge is -2.34. The van der Waals surface area contributed by atoms with Crippen molar-refractivity contribution in [1.29, 1.82) is 0 Å². The van der Waals surface area contributed by atoms with Gasteiger partial charge in [0, 0.05) is 31.8 Å². The van der Waals surface area contributed by atoms with Crippen LogP contribution in [0, 0.1) is 11.8 Å². The van der Waals surface area contributed by atoms with Gasteiger partial charge in [-0.05, 0) is 23.6 Å². The van der Waals surface area contributed by atoms with E-state index < -0.39 is 187 Å². The van der Waals surface area contributed by atoms with Gasteiger partial charge in [0.1, 0.15) is 48.5 Å². The summed E-state index contributed by atoms with van der Waals surface area (Å²) in [6.07, 6.45) is -16.1. The van der Waals surface area contributed by atoms with Crippen molar-refractivity contribution in [3.8, 4) is 11.5 Å². The number of rotatable bonds is 7. The van der Waals surface area contributed by atoms with Gasteiger partial charge in [0.25, 0.3) is 0 Å². The van der Waals surface area contributed by atoms with Gasteiger partial charge in [0.05, 0.1) is 30.8 Å². The average molecular weight is 935 g/mol. The number of carbonyl (C=O) groups excluding carboxylic acids is 7. The zero-order chi connectivity index (χ0) is 48.7. The molecule has 1 aromatic carbocycles. The summed E-state index contributed by atoms with van der Waals surface area (Å²) < 4.78 is 25.3. The van der Waals surface area contributed by atoms with Crippen LogP contribution in [0.15, 0.2) is 18.2 Å². The summed E-state index contributed by atoms with van der Waals surface area (Å²) in [7, 11) is -3.11. The molecule has 3 aliphatic rings. The number of aliphatic hydroxyl groups is 7. The molecule has 0 spiro atoms. The third kappa shape index (κ3) is 13.0. The first-order valence-electron chi connectivity index (χ1n) is 19.6. The second kappa shape index (κ2) is 22.3. The molecule has 3 aliphatic heterocycles. The molecule has 358 valence electrons. The number of benzene rings is 1. The van der Waals surface area contributed by atoms with Crippen LogP contribution in [0.3, 0.4) is 0 Å². The van der Waals surface area contributed by atoms with Crippen LogP contribution in [0.25, 0.3) is 0 Å². The van der Waals surface area contributed by atoms with Crippen LogP contribution in [0.4, 0.5) is 0 Å². The van der Waals surface area contributed by atoms with Gasteiger partial charge >= 0.3 is 10.6 Å². The van der Waals surface area contributed by atoms with E-state index in [1.54, 1.807) is 0 Å². The Hall–Kier alpha value is -5.59. The number of carbonyl (C=O) groups is 7. The summed E-state index contributed by atoms with van der Waals surface area (Å²) in [4.78, 5) is 96.9. The Balaban J connectivity index is 0.00000261. The predicted molar refractivity (Wildman–Crippen MR) is 210 cm³/mol. The Morgan fingerprint density at radius 3 is 1.91 bits per heavy atom. The number of phenolic OH excluding ortho intramolecular Hbond substituents is 2. The number of fused-ring (bicyclic) bond motifs is 2. The summed E-state index contributed by atoms with van der Waals surface area (Å²) in [6, 6.07) is -8.36. The van der Waals surface area contributed by atoms with E-state index in [9.17, 15) is 79.5 Å². The van der Waals surface area contributed by atoms with Gasteiger partial charge in [-0.15, -0.1) is 12.6 Å². The van der Waals surface area contributed by atoms with Crippen molar-refractivity contribution in [2.45, 2.75) is 119 Å². The molecular weight excluding hydrogens is 880 g/mol. The number of nitrogens with zero attached hydrogens (tertiary/aromatic N) is 2. The molecule has 0 saturated carbocycles. The van der Waals surface area contributed by atoms with Crippen molar-refractivity contribution in [3.63, 3.8) is 0 Å². The summed E-state index contributed by atoms with van der Waals surface area (Å²) in [6.45, 7) is 3.56. The normalized spacial score (nSPS) is 31.4. The third-order valence-corrected chi connectivity index (χ3v) is 10.8. The zero-order valence-electron chi connectivity index (χ0n) is 34.5. The first-order chi connectivity index (χ1) is 29.7. The van der Waals surface area contributed by atoms with E-state index in [4.69, 9.17) is 24.1 Å². The summed E-state index contributed by atoms with van der Waals surface area (Å²) >= 11 is 0. The lowest BCUT2D eigenvalue weighted by atomic mass is 9.96. The van der Waals surface area contributed by atoms with Crippen LogP contribution in [0.5, 0.6) is 11.5 Å². The van der Waals surface area contributed by atoms with Crippen molar-refractivity contribution in [1.82, 2.24) is 31.1 Å². The van der Waals surface area contributed by atoms with Crippen LogP contribution < -0.4 is 32.7 Å². The van der Waals surface area contributed by atoms with Crippen LogP contribution in [-0.4, -0.2) is 196 Å². The quantitative estimate of drug-likeness (QED) is 0.113. The fourth-order valence-electron chi connectivity index (χ4n) is 7.36. The van der Waals surface area contributed by atoms with Gasteiger partial charge in [-0.2, -0.15) is 0 Å². The highest BCUT2D eigenvalue weighted by Crippen LogP contribution is 2.31. The van der Waals surface area contributed by atoms with Gasteiger partial charge in [-0.1, -0.05) is 26.8 Å². The van der Waals surface area contributed by atoms with Gasteiger partial charge in [-0.25, -0.2) is 0 Å². The molecule has 0 bridgehead atoms. The van der Waals surface area contributed by atoms with Crippen molar-refractivity contribution < 1.29 is 92.1 Å². The van der Waals surface area contributed by atoms with Crippen molar-refractivity contribution in [3.05, 3.63) is 23.8 Å². The van der Waals surface area contributed by atoms with E-state index in [2.05, 4.69) is 16.0 Å². The largest absolute Gasteiger partial charge is 0.504 e. The minimum atomic E-state index is -3.11. The molecule has 3 fully saturated rings. The molecule has 27 nitrogen and oxygen atoms in total. The monoisotopic (exact) mass is 934 g/mol. The first-order valence-corrected chi connectivity index (χ1v) is 20.6. The highest BCUT2D eigenvalue weighted by Gasteiger charge is 2.50. The minimum absolute atomic E-state index is 0.313. The van der Waals surface area contributed by atoms with Crippen molar-refractivity contribution in [2.24, 2.45) is 23.3 Å². The lowest BCUT2D eigenvalue weighted by molar-refractivity contribution is -0.149. The van der Waals surface area contributed by atoms with Crippen LogP contribution >= 0.6 is 0 Å². The Bertz CT molecular complexity index is 2020. The van der Waals surface area contributed by atoms with E-state index in [1.807, 2.05) is 5.32 Å². The highest BCUT2D eigenvalue weighted by molar-refractivity contribution is 7.59. The fourth-order valence-corrected chi connectivity index (χ4v) is 7.36. The molecule has 0 aromatic heterocycles. The number of aromatic hydroxyl groups is 2. The fraction of sp³-hybridized carbons (Fsp3) is 0.639. The number of amides is 7. The Kier molecular flexibility index (Phi) is 18.4. The number of hydrogen-bond acceptors (Lipinski definition) is 20. The van der Waals surface area contributed by atoms with E-state index in [1.165, 1.54) is 20.8 Å². The van der Waals surface area contributed by atoms with Gasteiger partial charge in [-0.3, -0.25) is 33.6 Å². The average Bonchev–Trinajstić information content (AvgIpc) is 3.74. The maximum atomic E-state index is 14.3. The molecule has 17 N–H and O–H groups in total. The van der Waals surface area contributed by atoms with Crippen LogP contribution in [0.2, 0.25) is 0 Å². The molecule has 0 radical (unpaired) electrons. The van der Waals surface area contributed by atoms with E-state index in [0.29, 0.717) is 4.90 Å². The number of primary amides is 1. The lowest BCUT2D eigenvalue weighted by Crippen LogP contribution is -2.64. The van der Waals surface area contributed by atoms with Gasteiger partial charge < -0.3 is 88.5 Å². The molecule has 4 rings (SSSR count). The van der Waals surface area contributed by atoms with E-state index >= 15 is 0 Å². The van der Waals surface area contributed by atoms with Crippen LogP contribution in [0.1, 0.15) is 51.7 Å². The number of nitrogens with one attached hydrogen (secondary N) is 4. The topological polar surface area (TPSA) is 459 Å². The van der Waals surface area contributed by atoms with Crippen LogP contribution in [-0.2, 0) is 44.2 Å². The minimum Gasteiger partial charge on any atom is -0.504 e. The molecule has 0 unspecified atom stereocenters. The SMILES string of the molecule is CC(C)[C@@H]1NC(=O)[C@@H](N)C[C@@H](O)[C@@H](O)NC(=O)[C@@H]2[C@@H](O)[C@@H](C)CN2C(=O)[C@H]([C@H](O)CC(N)=O)NC(=O)[C@H]([C@H](O)[C@@H](O)c2ccc(O)c(O)c2)NC(=O)[C@@H]2C[C@@H](O)CN2C1=O.O=S(=O)=O. The third-order valence-electron chi connectivity index (χ3n) is 10.8. The maximum Gasteiger partial charge on any atom is 0.425 e. The summed E-state index contributed by atoms with van der Waals surface area (Å²) in [5, 5.41) is 106. The standard InChI is InChI=1S/C36H54N8O16.O3S/c1-12(2)23-35(59)43-11-15(45)7-17(43)31(55)41-25(29(53)28(52)14-4-5-18(46)19(47)6-14)33(57)40-24(20(48)9-22(38)50)36(60)44-10-13(3)27(51)26(44)34(58)42-32(56)21(49)8-16(37)30(54)39-23;1-4(2)3/h4-6,12-13,15-17,20-21,23-29,32,45-49,51-53,56H,7-11,37H2,1-3H3,(H2,38,50)(H,39,54)(H,40,57)(H,41,55)(H,42,58);/t13-,15+,16-,17-,20+,21+,23-,24-,25-,26-,27-,28-,29-,32+;/m0./s1. The van der Waals surface area contributed by atoms with E-state index in [-0.39, 0.29) is 5.56 Å². The number of nitrogens with two attached hydrogens (primary N) is 2. The van der Waals surface area contributed by atoms with E-state index in [0.717, 1.165) is 23.1 Å². The Morgan fingerprint density at radius 2 is 1.34 bits per heavy atom.